The average molecular weight is 283 g/mol. The molecule has 3 atom stereocenters. The van der Waals surface area contributed by atoms with Gasteiger partial charge in [-0.25, -0.2) is 13.6 Å². The maximum Gasteiger partial charge on any atom is 0.337 e. The molecule has 2 heterocycles. The van der Waals surface area contributed by atoms with Crippen LogP contribution in [0.3, 0.4) is 0 Å². The van der Waals surface area contributed by atoms with E-state index in [1.165, 1.54) is 7.11 Å². The number of methoxy groups -OCH3 is 1. The summed E-state index contributed by atoms with van der Waals surface area (Å²) in [5, 5.41) is 0. The van der Waals surface area contributed by atoms with Crippen molar-refractivity contribution in [1.82, 2.24) is 4.90 Å². The molecule has 1 aromatic rings. The summed E-state index contributed by atoms with van der Waals surface area (Å²) in [6.45, 7) is 1.22. The topological polar surface area (TPSA) is 29.5 Å². The standard InChI is InChI=1S/C8H8O2.C7H11F2N/c1-10-8(9)7-5-3-2-4-6-7;8-5-4-10-3-1-2-6(10)7(5)9/h2-6H,1H3;5-7H,1-4H2. The van der Waals surface area contributed by atoms with Crippen LogP contribution in [0.4, 0.5) is 8.78 Å². The first kappa shape index (κ1) is 14.9. The molecule has 0 saturated carbocycles. The second-order valence-electron chi connectivity index (χ2n) is 5.02. The van der Waals surface area contributed by atoms with Gasteiger partial charge in [-0.1, -0.05) is 18.2 Å². The van der Waals surface area contributed by atoms with Crippen molar-refractivity contribution in [2.75, 3.05) is 20.2 Å². The summed E-state index contributed by atoms with van der Waals surface area (Å²) in [5.41, 5.74) is 0.588. The summed E-state index contributed by atoms with van der Waals surface area (Å²) in [6.07, 6.45) is -0.535. The Morgan fingerprint density at radius 3 is 2.60 bits per heavy atom. The molecule has 0 aromatic heterocycles. The lowest BCUT2D eigenvalue weighted by atomic mass is 10.1. The van der Waals surface area contributed by atoms with Crippen molar-refractivity contribution in [2.24, 2.45) is 0 Å². The highest BCUT2D eigenvalue weighted by atomic mass is 19.2. The van der Waals surface area contributed by atoms with E-state index in [9.17, 15) is 13.6 Å². The van der Waals surface area contributed by atoms with Crippen molar-refractivity contribution < 1.29 is 18.3 Å². The van der Waals surface area contributed by atoms with Crippen LogP contribution in [0.1, 0.15) is 23.2 Å². The highest BCUT2D eigenvalue weighted by Gasteiger charge is 2.44. The molecule has 0 radical (unpaired) electrons. The van der Waals surface area contributed by atoms with Gasteiger partial charge in [0, 0.05) is 12.6 Å². The van der Waals surface area contributed by atoms with E-state index in [0.717, 1.165) is 19.4 Å². The van der Waals surface area contributed by atoms with Crippen LogP contribution in [-0.2, 0) is 4.74 Å². The Kier molecular flexibility index (Phi) is 5.06. The van der Waals surface area contributed by atoms with Gasteiger partial charge >= 0.3 is 5.97 Å². The Bertz CT molecular complexity index is 439. The van der Waals surface area contributed by atoms with Crippen molar-refractivity contribution in [1.29, 1.82) is 0 Å². The smallest absolute Gasteiger partial charge is 0.337 e. The quantitative estimate of drug-likeness (QED) is 0.742. The zero-order valence-corrected chi connectivity index (χ0v) is 11.5. The Balaban J connectivity index is 0.000000147. The van der Waals surface area contributed by atoms with Crippen molar-refractivity contribution in [3.05, 3.63) is 35.9 Å². The molecule has 2 aliphatic heterocycles. The first-order valence-electron chi connectivity index (χ1n) is 6.79. The molecule has 0 bridgehead atoms. The first-order valence-corrected chi connectivity index (χ1v) is 6.79. The first-order chi connectivity index (χ1) is 9.63. The third-order valence-electron chi connectivity index (χ3n) is 3.73. The number of alkyl halides is 2. The van der Waals surface area contributed by atoms with Gasteiger partial charge < -0.3 is 4.74 Å². The number of carbonyl (C=O) groups excluding carboxylic acids is 1. The molecule has 3 nitrogen and oxygen atoms in total. The fourth-order valence-corrected chi connectivity index (χ4v) is 2.70. The Hall–Kier alpha value is -1.49. The lowest BCUT2D eigenvalue weighted by Crippen LogP contribution is -2.26. The molecular formula is C15H19F2NO2. The lowest BCUT2D eigenvalue weighted by Gasteiger charge is -2.13. The summed E-state index contributed by atoms with van der Waals surface area (Å²) in [5.74, 6) is -0.291. The van der Waals surface area contributed by atoms with Gasteiger partial charge in [-0.15, -0.1) is 0 Å². The summed E-state index contributed by atoms with van der Waals surface area (Å²) < 4.78 is 30.0. The molecule has 0 spiro atoms. The normalized spacial score (nSPS) is 28.4. The minimum absolute atomic E-state index is 0.0880. The molecule has 20 heavy (non-hydrogen) atoms. The largest absolute Gasteiger partial charge is 0.465 e. The predicted octanol–water partition coefficient (Wildman–Crippen LogP) is 2.61. The van der Waals surface area contributed by atoms with E-state index in [1.54, 1.807) is 24.3 Å². The number of ether oxygens (including phenoxy) is 1. The number of nitrogens with zero attached hydrogens (tertiary/aromatic N) is 1. The molecule has 2 saturated heterocycles. The number of esters is 1. The summed E-state index contributed by atoms with van der Waals surface area (Å²) >= 11 is 0. The van der Waals surface area contributed by atoms with Crippen molar-refractivity contribution >= 4 is 5.97 Å². The van der Waals surface area contributed by atoms with Gasteiger partial charge in [0.2, 0.25) is 0 Å². The molecule has 3 rings (SSSR count). The van der Waals surface area contributed by atoms with Crippen LogP contribution < -0.4 is 0 Å². The van der Waals surface area contributed by atoms with Crippen LogP contribution in [0.5, 0.6) is 0 Å². The van der Waals surface area contributed by atoms with Crippen molar-refractivity contribution in [2.45, 2.75) is 31.2 Å². The highest BCUT2D eigenvalue weighted by Crippen LogP contribution is 2.31. The zero-order chi connectivity index (χ0) is 14.5. The molecule has 110 valence electrons. The van der Waals surface area contributed by atoms with Gasteiger partial charge in [0.1, 0.15) is 12.3 Å². The van der Waals surface area contributed by atoms with Crippen LogP contribution in [0.25, 0.3) is 0 Å². The monoisotopic (exact) mass is 283 g/mol. The van der Waals surface area contributed by atoms with Crippen molar-refractivity contribution in [3.63, 3.8) is 0 Å². The molecule has 5 heteroatoms. The molecule has 0 amide bonds. The number of hydrogen-bond acceptors (Lipinski definition) is 3. The number of carbonyl (C=O) groups is 1. The molecule has 3 unspecified atom stereocenters. The fourth-order valence-electron chi connectivity index (χ4n) is 2.70. The molecule has 0 aliphatic carbocycles. The summed E-state index contributed by atoms with van der Waals surface area (Å²) in [4.78, 5) is 12.7. The van der Waals surface area contributed by atoms with Crippen LogP contribution in [0.2, 0.25) is 0 Å². The van der Waals surface area contributed by atoms with E-state index in [0.29, 0.717) is 12.1 Å². The second kappa shape index (κ2) is 6.79. The Morgan fingerprint density at radius 2 is 2.00 bits per heavy atom. The zero-order valence-electron chi connectivity index (χ0n) is 11.5. The van der Waals surface area contributed by atoms with Gasteiger partial charge in [0.15, 0.2) is 0 Å². The molecular weight excluding hydrogens is 264 g/mol. The number of hydrogen-bond donors (Lipinski definition) is 0. The van der Waals surface area contributed by atoms with E-state index >= 15 is 0 Å². The minimum Gasteiger partial charge on any atom is -0.465 e. The van der Waals surface area contributed by atoms with E-state index < -0.39 is 12.3 Å². The molecule has 1 aromatic carbocycles. The van der Waals surface area contributed by atoms with Gasteiger partial charge in [0.25, 0.3) is 0 Å². The third-order valence-corrected chi connectivity index (χ3v) is 3.73. The predicted molar refractivity (Wildman–Crippen MR) is 72.2 cm³/mol. The van der Waals surface area contributed by atoms with Crippen molar-refractivity contribution in [3.8, 4) is 0 Å². The molecule has 2 fully saturated rings. The van der Waals surface area contributed by atoms with Gasteiger partial charge in [-0.3, -0.25) is 4.90 Å². The molecule has 2 aliphatic rings. The lowest BCUT2D eigenvalue weighted by molar-refractivity contribution is 0.0600. The maximum atomic E-state index is 12.9. The van der Waals surface area contributed by atoms with Crippen LogP contribution in [-0.4, -0.2) is 49.5 Å². The summed E-state index contributed by atoms with van der Waals surface area (Å²) in [6, 6.07) is 8.79. The van der Waals surface area contributed by atoms with E-state index in [4.69, 9.17) is 0 Å². The van der Waals surface area contributed by atoms with E-state index in [1.807, 2.05) is 11.0 Å². The second-order valence-corrected chi connectivity index (χ2v) is 5.02. The third kappa shape index (κ3) is 3.33. The SMILES string of the molecule is COC(=O)c1ccccc1.FC1CN2CCCC2C1F. The van der Waals surface area contributed by atoms with Crippen LogP contribution in [0.15, 0.2) is 30.3 Å². The van der Waals surface area contributed by atoms with E-state index in [2.05, 4.69) is 4.74 Å². The number of halogens is 2. The van der Waals surface area contributed by atoms with E-state index in [-0.39, 0.29) is 12.0 Å². The maximum absolute atomic E-state index is 12.9. The van der Waals surface area contributed by atoms with Crippen LogP contribution >= 0.6 is 0 Å². The Morgan fingerprint density at radius 1 is 1.30 bits per heavy atom. The van der Waals surface area contributed by atoms with Gasteiger partial charge in [0.05, 0.1) is 12.7 Å². The summed E-state index contributed by atoms with van der Waals surface area (Å²) in [7, 11) is 1.37. The average Bonchev–Trinajstić information content (AvgIpc) is 3.04. The molecule has 0 N–H and O–H groups in total. The number of fused-ring (bicyclic) bond motifs is 1. The fraction of sp³-hybridized carbons (Fsp3) is 0.533. The van der Waals surface area contributed by atoms with Gasteiger partial charge in [-0.05, 0) is 31.5 Å². The van der Waals surface area contributed by atoms with Gasteiger partial charge in [-0.2, -0.15) is 0 Å². The number of rotatable bonds is 1. The van der Waals surface area contributed by atoms with Crippen LogP contribution in [0, 0.1) is 0 Å². The number of benzene rings is 1. The Labute approximate surface area is 117 Å². The minimum atomic E-state index is -1.22. The highest BCUT2D eigenvalue weighted by molar-refractivity contribution is 5.89.